The largest absolute Gasteiger partial charge is 0.497 e. The van der Waals surface area contributed by atoms with Crippen molar-refractivity contribution in [2.75, 3.05) is 31.3 Å². The fourth-order valence-electron chi connectivity index (χ4n) is 3.01. The normalized spacial score (nSPS) is 13.8. The van der Waals surface area contributed by atoms with Crippen LogP contribution in [0.5, 0.6) is 5.75 Å². The third-order valence-corrected chi connectivity index (χ3v) is 5.31. The molecule has 0 bridgehead atoms. The second-order valence-corrected chi connectivity index (χ2v) is 7.41. The molecule has 2 rings (SSSR count). The van der Waals surface area contributed by atoms with Gasteiger partial charge in [-0.3, -0.25) is 9.59 Å². The maximum Gasteiger partial charge on any atom is 0.282 e. The molecule has 0 aliphatic carbocycles. The molecule has 0 radical (unpaired) electrons. The molecule has 6 nitrogen and oxygen atoms in total. The van der Waals surface area contributed by atoms with Crippen LogP contribution in [-0.2, 0) is 9.59 Å². The summed E-state index contributed by atoms with van der Waals surface area (Å²) < 4.78 is 5.11. The zero-order valence-corrected chi connectivity index (χ0v) is 17.9. The van der Waals surface area contributed by atoms with Gasteiger partial charge < -0.3 is 20.3 Å². The van der Waals surface area contributed by atoms with Crippen molar-refractivity contribution in [1.29, 1.82) is 0 Å². The molecule has 6 heteroatoms. The first-order valence-electron chi connectivity index (χ1n) is 10.0. The van der Waals surface area contributed by atoms with E-state index in [1.807, 2.05) is 38.2 Å². The Bertz CT molecular complexity index is 820. The van der Waals surface area contributed by atoms with Crippen molar-refractivity contribution in [3.8, 4) is 5.75 Å². The number of likely N-dealkylation sites (N-methyl/N-ethyl adjacent to an activating group) is 1. The Hall–Kier alpha value is -2.86. The van der Waals surface area contributed by atoms with Crippen molar-refractivity contribution in [1.82, 2.24) is 0 Å². The number of methoxy groups -OCH3 is 1. The lowest BCUT2D eigenvalue weighted by atomic mass is 9.97. The van der Waals surface area contributed by atoms with Gasteiger partial charge in [0.15, 0.2) is 12.6 Å². The molecule has 0 heterocycles. The van der Waals surface area contributed by atoms with Crippen LogP contribution in [0.4, 0.5) is 11.4 Å². The van der Waals surface area contributed by atoms with E-state index in [-0.39, 0.29) is 24.4 Å². The summed E-state index contributed by atoms with van der Waals surface area (Å²) in [6.07, 6.45) is 0.999. The van der Waals surface area contributed by atoms with Crippen molar-refractivity contribution in [3.05, 3.63) is 54.1 Å². The first kappa shape index (κ1) is 22.4. The molecular weight excluding hydrogens is 366 g/mol. The van der Waals surface area contributed by atoms with Gasteiger partial charge in [0.1, 0.15) is 5.75 Å². The highest BCUT2D eigenvalue weighted by molar-refractivity contribution is 5.95. The van der Waals surface area contributed by atoms with Crippen LogP contribution in [0.3, 0.4) is 0 Å². The standard InChI is InChI=1S/C23H31N3O3/c1-6-16(2)20-9-7-8-10-21(20)25-23(28)17(3)26(4)15-22(27)24-18-11-13-19(29-5)14-12-18/h7-14,16-17H,6,15H2,1-5H3,(H,24,27)(H,25,28)/p+1/t16-,17+/m0/s1. The van der Waals surface area contributed by atoms with Crippen molar-refractivity contribution >= 4 is 23.2 Å². The fraction of sp³-hybridized carbons (Fsp3) is 0.391. The lowest BCUT2D eigenvalue weighted by molar-refractivity contribution is -0.885. The monoisotopic (exact) mass is 398 g/mol. The number of benzene rings is 2. The first-order valence-corrected chi connectivity index (χ1v) is 10.0. The summed E-state index contributed by atoms with van der Waals surface area (Å²) in [5.74, 6) is 0.846. The molecule has 0 aliphatic heterocycles. The predicted octanol–water partition coefficient (Wildman–Crippen LogP) is 2.69. The molecule has 3 atom stereocenters. The van der Waals surface area contributed by atoms with Gasteiger partial charge in [-0.2, -0.15) is 0 Å². The van der Waals surface area contributed by atoms with E-state index in [1.54, 1.807) is 31.4 Å². The Labute approximate surface area is 173 Å². The molecule has 0 aliphatic rings. The number of carbonyl (C=O) groups is 2. The Morgan fingerprint density at radius 1 is 1.03 bits per heavy atom. The Morgan fingerprint density at radius 3 is 2.31 bits per heavy atom. The van der Waals surface area contributed by atoms with E-state index >= 15 is 0 Å². The molecule has 0 aromatic heterocycles. The summed E-state index contributed by atoms with van der Waals surface area (Å²) in [5.41, 5.74) is 2.67. The summed E-state index contributed by atoms with van der Waals surface area (Å²) in [5, 5.41) is 5.89. The second-order valence-electron chi connectivity index (χ2n) is 7.41. The van der Waals surface area contributed by atoms with E-state index in [2.05, 4.69) is 24.5 Å². The smallest absolute Gasteiger partial charge is 0.282 e. The first-order chi connectivity index (χ1) is 13.8. The molecule has 0 spiro atoms. The zero-order valence-electron chi connectivity index (χ0n) is 17.9. The van der Waals surface area contributed by atoms with Gasteiger partial charge in [-0.05, 0) is 55.2 Å². The minimum absolute atomic E-state index is 0.101. The summed E-state index contributed by atoms with van der Waals surface area (Å²) >= 11 is 0. The molecule has 3 N–H and O–H groups in total. The van der Waals surface area contributed by atoms with Crippen molar-refractivity contribution in [3.63, 3.8) is 0 Å². The predicted molar refractivity (Wildman–Crippen MR) is 117 cm³/mol. The van der Waals surface area contributed by atoms with E-state index in [0.29, 0.717) is 11.6 Å². The molecule has 29 heavy (non-hydrogen) atoms. The van der Waals surface area contributed by atoms with E-state index in [1.165, 1.54) is 0 Å². The maximum atomic E-state index is 12.7. The quantitative estimate of drug-likeness (QED) is 0.608. The van der Waals surface area contributed by atoms with Crippen LogP contribution < -0.4 is 20.3 Å². The number of hydrogen-bond donors (Lipinski definition) is 3. The van der Waals surface area contributed by atoms with Gasteiger partial charge in [-0.1, -0.05) is 32.0 Å². The van der Waals surface area contributed by atoms with Crippen molar-refractivity contribution in [2.45, 2.75) is 39.2 Å². The third-order valence-electron chi connectivity index (χ3n) is 5.31. The van der Waals surface area contributed by atoms with Gasteiger partial charge in [0, 0.05) is 11.4 Å². The lowest BCUT2D eigenvalue weighted by Crippen LogP contribution is -3.14. The number of nitrogens with one attached hydrogen (secondary N) is 3. The van der Waals surface area contributed by atoms with Gasteiger partial charge in [0.2, 0.25) is 0 Å². The van der Waals surface area contributed by atoms with E-state index in [4.69, 9.17) is 4.74 Å². The molecular formula is C23H32N3O3+. The number of anilines is 2. The molecule has 0 saturated carbocycles. The van der Waals surface area contributed by atoms with Crippen LogP contribution in [0.25, 0.3) is 0 Å². The highest BCUT2D eigenvalue weighted by Crippen LogP contribution is 2.26. The van der Waals surface area contributed by atoms with Crippen LogP contribution >= 0.6 is 0 Å². The summed E-state index contributed by atoms with van der Waals surface area (Å²) in [7, 11) is 3.44. The molecule has 2 aromatic rings. The number of ether oxygens (including phenoxy) is 1. The molecule has 0 fully saturated rings. The van der Waals surface area contributed by atoms with Crippen LogP contribution in [0, 0.1) is 0 Å². The summed E-state index contributed by atoms with van der Waals surface area (Å²) in [6.45, 7) is 6.30. The molecule has 2 amide bonds. The zero-order chi connectivity index (χ0) is 21.4. The second kappa shape index (κ2) is 10.6. The van der Waals surface area contributed by atoms with Gasteiger partial charge in [0.05, 0.1) is 14.2 Å². The highest BCUT2D eigenvalue weighted by atomic mass is 16.5. The number of amides is 2. The van der Waals surface area contributed by atoms with Gasteiger partial charge in [-0.25, -0.2) is 0 Å². The topological polar surface area (TPSA) is 71.9 Å². The molecule has 0 saturated heterocycles. The van der Waals surface area contributed by atoms with E-state index in [0.717, 1.165) is 28.3 Å². The lowest BCUT2D eigenvalue weighted by Gasteiger charge is -2.22. The van der Waals surface area contributed by atoms with Crippen molar-refractivity contribution in [2.24, 2.45) is 0 Å². The summed E-state index contributed by atoms with van der Waals surface area (Å²) in [6, 6.07) is 14.7. The highest BCUT2D eigenvalue weighted by Gasteiger charge is 2.25. The SMILES string of the molecule is CC[C@H](C)c1ccccc1NC(=O)[C@@H](C)[NH+](C)CC(=O)Nc1ccc(OC)cc1. The number of rotatable bonds is 9. The molecule has 156 valence electrons. The van der Waals surface area contributed by atoms with Gasteiger partial charge in [0.25, 0.3) is 11.8 Å². The summed E-state index contributed by atoms with van der Waals surface area (Å²) in [4.78, 5) is 25.9. The van der Waals surface area contributed by atoms with Crippen molar-refractivity contribution < 1.29 is 19.2 Å². The number of carbonyl (C=O) groups excluding carboxylic acids is 2. The number of hydrogen-bond acceptors (Lipinski definition) is 3. The molecule has 1 unspecified atom stereocenters. The van der Waals surface area contributed by atoms with E-state index in [9.17, 15) is 9.59 Å². The van der Waals surface area contributed by atoms with Crippen LogP contribution in [0.1, 0.15) is 38.7 Å². The maximum absolute atomic E-state index is 12.7. The average molecular weight is 399 g/mol. The fourth-order valence-corrected chi connectivity index (χ4v) is 3.01. The average Bonchev–Trinajstić information content (AvgIpc) is 2.73. The minimum atomic E-state index is -0.374. The van der Waals surface area contributed by atoms with E-state index < -0.39 is 0 Å². The Kier molecular flexibility index (Phi) is 8.21. The van der Waals surface area contributed by atoms with Gasteiger partial charge >= 0.3 is 0 Å². The van der Waals surface area contributed by atoms with Gasteiger partial charge in [-0.15, -0.1) is 0 Å². The minimum Gasteiger partial charge on any atom is -0.497 e. The number of para-hydroxylation sites is 1. The van der Waals surface area contributed by atoms with Crippen LogP contribution in [0.2, 0.25) is 0 Å². The molecule has 2 aromatic carbocycles. The number of quaternary nitrogens is 1. The van der Waals surface area contributed by atoms with Crippen LogP contribution in [-0.4, -0.2) is 38.6 Å². The van der Waals surface area contributed by atoms with Crippen LogP contribution in [0.15, 0.2) is 48.5 Å². The third kappa shape index (κ3) is 6.32. The Balaban J connectivity index is 1.94. The Morgan fingerprint density at radius 2 is 1.69 bits per heavy atom.